The number of nitrogens with zero attached hydrogens (tertiary/aromatic N) is 1. The second-order valence-electron chi connectivity index (χ2n) is 5.39. The molecular formula is C18H17NO3. The van der Waals surface area contributed by atoms with Crippen LogP contribution in [0.5, 0.6) is 0 Å². The van der Waals surface area contributed by atoms with E-state index in [1.54, 1.807) is 0 Å². The summed E-state index contributed by atoms with van der Waals surface area (Å²) in [6.45, 7) is 1.89. The summed E-state index contributed by atoms with van der Waals surface area (Å²) in [7, 11) is 1.38. The molecular weight excluding hydrogens is 278 g/mol. The molecule has 2 aromatic rings. The summed E-state index contributed by atoms with van der Waals surface area (Å²) < 4.78 is 10.9. The van der Waals surface area contributed by atoms with Crippen molar-refractivity contribution in [1.82, 2.24) is 0 Å². The largest absolute Gasteiger partial charge is 0.469 e. The number of hydrogen-bond acceptors (Lipinski definition) is 4. The minimum atomic E-state index is -0.795. The highest BCUT2D eigenvalue weighted by Gasteiger charge is 2.38. The lowest BCUT2D eigenvalue weighted by molar-refractivity contribution is -0.145. The highest BCUT2D eigenvalue weighted by atomic mass is 16.5. The Kier molecular flexibility index (Phi) is 3.67. The Bertz CT molecular complexity index is 724. The van der Waals surface area contributed by atoms with Gasteiger partial charge in [-0.1, -0.05) is 36.4 Å². The normalized spacial score (nSPS) is 19.6. The summed E-state index contributed by atoms with van der Waals surface area (Å²) in [5.74, 6) is 0.206. The number of carbonyl (C=O) groups is 1. The van der Waals surface area contributed by atoms with Gasteiger partial charge in [0.15, 0.2) is 0 Å². The number of rotatable bonds is 3. The minimum absolute atomic E-state index is 0.131. The van der Waals surface area contributed by atoms with E-state index in [1.165, 1.54) is 7.11 Å². The quantitative estimate of drug-likeness (QED) is 0.813. The van der Waals surface area contributed by atoms with Crippen LogP contribution in [0.15, 0.2) is 59.6 Å². The molecule has 2 aromatic carbocycles. The van der Waals surface area contributed by atoms with Crippen LogP contribution in [0.25, 0.3) is 0 Å². The maximum atomic E-state index is 11.8. The average molecular weight is 295 g/mol. The average Bonchev–Trinajstić information content (AvgIpc) is 2.55. The van der Waals surface area contributed by atoms with E-state index in [2.05, 4.69) is 4.99 Å². The zero-order chi connectivity index (χ0) is 15.6. The van der Waals surface area contributed by atoms with Crippen molar-refractivity contribution in [2.24, 2.45) is 4.99 Å². The Labute approximate surface area is 129 Å². The van der Waals surface area contributed by atoms with Gasteiger partial charge in [0, 0.05) is 11.1 Å². The standard InChI is InChI=1S/C18H17NO3/c1-18(12-16(20)21-2)14-10-6-7-11-15(14)19-17(22-18)13-8-4-3-5-9-13/h3-11H,12H2,1-2H3. The number of hydrogen-bond donors (Lipinski definition) is 0. The summed E-state index contributed by atoms with van der Waals surface area (Å²) in [5, 5.41) is 0. The first-order valence-electron chi connectivity index (χ1n) is 7.12. The van der Waals surface area contributed by atoms with E-state index in [-0.39, 0.29) is 12.4 Å². The summed E-state index contributed by atoms with van der Waals surface area (Å²) in [6, 6.07) is 17.4. The number of fused-ring (bicyclic) bond motifs is 1. The molecule has 1 heterocycles. The van der Waals surface area contributed by atoms with Crippen LogP contribution in [0.2, 0.25) is 0 Å². The van der Waals surface area contributed by atoms with Crippen LogP contribution in [-0.4, -0.2) is 19.0 Å². The molecule has 0 amide bonds. The Morgan fingerprint density at radius 1 is 1.14 bits per heavy atom. The van der Waals surface area contributed by atoms with Gasteiger partial charge >= 0.3 is 5.97 Å². The van der Waals surface area contributed by atoms with Crippen molar-refractivity contribution < 1.29 is 14.3 Å². The minimum Gasteiger partial charge on any atom is -0.469 e. The van der Waals surface area contributed by atoms with Crippen molar-refractivity contribution in [2.45, 2.75) is 18.9 Å². The summed E-state index contributed by atoms with van der Waals surface area (Å²) in [5.41, 5.74) is 1.79. The molecule has 4 nitrogen and oxygen atoms in total. The number of methoxy groups -OCH3 is 1. The fourth-order valence-corrected chi connectivity index (χ4v) is 2.60. The number of para-hydroxylation sites is 1. The van der Waals surface area contributed by atoms with Crippen molar-refractivity contribution >= 4 is 17.6 Å². The number of ether oxygens (including phenoxy) is 2. The van der Waals surface area contributed by atoms with Gasteiger partial charge in [0.25, 0.3) is 0 Å². The first kappa shape index (κ1) is 14.3. The zero-order valence-corrected chi connectivity index (χ0v) is 12.6. The van der Waals surface area contributed by atoms with Gasteiger partial charge in [0.1, 0.15) is 5.60 Å². The molecule has 112 valence electrons. The van der Waals surface area contributed by atoms with Crippen LogP contribution >= 0.6 is 0 Å². The van der Waals surface area contributed by atoms with Gasteiger partial charge in [-0.15, -0.1) is 0 Å². The molecule has 1 aliphatic rings. The van der Waals surface area contributed by atoms with Crippen molar-refractivity contribution in [2.75, 3.05) is 7.11 Å². The predicted octanol–water partition coefficient (Wildman–Crippen LogP) is 3.57. The van der Waals surface area contributed by atoms with E-state index in [0.29, 0.717) is 5.90 Å². The van der Waals surface area contributed by atoms with E-state index < -0.39 is 5.60 Å². The van der Waals surface area contributed by atoms with Crippen molar-refractivity contribution in [3.8, 4) is 0 Å². The molecule has 0 bridgehead atoms. The third-order valence-corrected chi connectivity index (χ3v) is 3.75. The number of carbonyl (C=O) groups excluding carboxylic acids is 1. The topological polar surface area (TPSA) is 47.9 Å². The third-order valence-electron chi connectivity index (χ3n) is 3.75. The molecule has 4 heteroatoms. The molecule has 0 fully saturated rings. The highest BCUT2D eigenvalue weighted by molar-refractivity contribution is 5.97. The first-order chi connectivity index (χ1) is 10.6. The fourth-order valence-electron chi connectivity index (χ4n) is 2.60. The lowest BCUT2D eigenvalue weighted by Gasteiger charge is -2.34. The highest BCUT2D eigenvalue weighted by Crippen LogP contribution is 2.40. The second-order valence-corrected chi connectivity index (χ2v) is 5.39. The Morgan fingerprint density at radius 3 is 2.55 bits per heavy atom. The molecule has 1 atom stereocenters. The van der Waals surface area contributed by atoms with Gasteiger partial charge in [-0.3, -0.25) is 4.79 Å². The zero-order valence-electron chi connectivity index (χ0n) is 12.6. The molecule has 1 aliphatic heterocycles. The molecule has 0 radical (unpaired) electrons. The van der Waals surface area contributed by atoms with Gasteiger partial charge in [0.05, 0.1) is 19.2 Å². The van der Waals surface area contributed by atoms with Crippen molar-refractivity contribution in [3.05, 3.63) is 65.7 Å². The molecule has 0 spiro atoms. The first-order valence-corrected chi connectivity index (χ1v) is 7.12. The van der Waals surface area contributed by atoms with Gasteiger partial charge < -0.3 is 9.47 Å². The molecule has 0 aliphatic carbocycles. The van der Waals surface area contributed by atoms with Gasteiger partial charge in [-0.25, -0.2) is 4.99 Å². The van der Waals surface area contributed by atoms with Crippen LogP contribution in [0.4, 0.5) is 5.69 Å². The Hall–Kier alpha value is -2.62. The smallest absolute Gasteiger partial charge is 0.309 e. The second kappa shape index (κ2) is 5.64. The Balaban J connectivity index is 2.07. The van der Waals surface area contributed by atoms with E-state index in [0.717, 1.165) is 16.8 Å². The maximum absolute atomic E-state index is 11.8. The SMILES string of the molecule is COC(=O)CC1(C)OC(c2ccccc2)=Nc2ccccc21. The number of aliphatic imine (C=N–C) groups is 1. The van der Waals surface area contributed by atoms with E-state index in [4.69, 9.17) is 9.47 Å². The van der Waals surface area contributed by atoms with Gasteiger partial charge in [-0.2, -0.15) is 0 Å². The van der Waals surface area contributed by atoms with Crippen molar-refractivity contribution in [1.29, 1.82) is 0 Å². The van der Waals surface area contributed by atoms with E-state index in [1.807, 2.05) is 61.5 Å². The molecule has 0 saturated carbocycles. The van der Waals surface area contributed by atoms with Crippen molar-refractivity contribution in [3.63, 3.8) is 0 Å². The number of esters is 1. The summed E-state index contributed by atoms with van der Waals surface area (Å²) in [4.78, 5) is 16.4. The van der Waals surface area contributed by atoms with E-state index in [9.17, 15) is 4.79 Å². The van der Waals surface area contributed by atoms with Crippen LogP contribution < -0.4 is 0 Å². The predicted molar refractivity (Wildman–Crippen MR) is 84.2 cm³/mol. The lowest BCUT2D eigenvalue weighted by Crippen LogP contribution is -2.35. The summed E-state index contributed by atoms with van der Waals surface area (Å²) >= 11 is 0. The molecule has 22 heavy (non-hydrogen) atoms. The van der Waals surface area contributed by atoms with E-state index >= 15 is 0 Å². The maximum Gasteiger partial charge on any atom is 0.309 e. The lowest BCUT2D eigenvalue weighted by atomic mass is 9.89. The van der Waals surface area contributed by atoms with Crippen LogP contribution in [0.1, 0.15) is 24.5 Å². The van der Waals surface area contributed by atoms with Gasteiger partial charge in [0.2, 0.25) is 5.90 Å². The number of benzene rings is 2. The Morgan fingerprint density at radius 2 is 1.82 bits per heavy atom. The molecule has 0 aromatic heterocycles. The molecule has 0 N–H and O–H groups in total. The summed E-state index contributed by atoms with van der Waals surface area (Å²) in [6.07, 6.45) is 0.131. The molecule has 0 saturated heterocycles. The third kappa shape index (κ3) is 2.60. The monoisotopic (exact) mass is 295 g/mol. The fraction of sp³-hybridized carbons (Fsp3) is 0.222. The van der Waals surface area contributed by atoms with Crippen LogP contribution in [0, 0.1) is 0 Å². The molecule has 1 unspecified atom stereocenters. The van der Waals surface area contributed by atoms with Crippen LogP contribution in [-0.2, 0) is 19.9 Å². The van der Waals surface area contributed by atoms with Crippen LogP contribution in [0.3, 0.4) is 0 Å². The van der Waals surface area contributed by atoms with Gasteiger partial charge in [-0.05, 0) is 25.1 Å². The molecule has 3 rings (SSSR count).